The van der Waals surface area contributed by atoms with Crippen molar-refractivity contribution in [1.82, 2.24) is 14.9 Å². The Hall–Kier alpha value is -0.260. The van der Waals surface area contributed by atoms with Gasteiger partial charge in [0.25, 0.3) is 0 Å². The van der Waals surface area contributed by atoms with E-state index in [4.69, 9.17) is 12.2 Å². The lowest BCUT2D eigenvalue weighted by Crippen LogP contribution is -2.16. The highest BCUT2D eigenvalue weighted by molar-refractivity contribution is 9.10. The van der Waals surface area contributed by atoms with E-state index in [2.05, 4.69) is 37.7 Å². The van der Waals surface area contributed by atoms with Crippen molar-refractivity contribution in [2.24, 2.45) is 0 Å². The van der Waals surface area contributed by atoms with Crippen LogP contribution in [0.4, 0.5) is 0 Å². The Balaban J connectivity index is 2.91. The molecule has 0 radical (unpaired) electrons. The average Bonchev–Trinajstić information content (AvgIpc) is 2.19. The van der Waals surface area contributed by atoms with E-state index in [0.29, 0.717) is 4.64 Å². The van der Waals surface area contributed by atoms with E-state index in [1.54, 1.807) is 0 Å². The second kappa shape index (κ2) is 5.72. The molecule has 1 N–H and O–H groups in total. The third-order valence-electron chi connectivity index (χ3n) is 2.13. The Morgan fingerprint density at radius 3 is 2.67 bits per heavy atom. The molecule has 84 valence electrons. The summed E-state index contributed by atoms with van der Waals surface area (Å²) in [4.78, 5) is 9.78. The van der Waals surface area contributed by atoms with Gasteiger partial charge in [0.15, 0.2) is 0 Å². The highest BCUT2D eigenvalue weighted by Crippen LogP contribution is 2.16. The minimum atomic E-state index is 0.652. The number of aromatic amines is 1. The van der Waals surface area contributed by atoms with Crippen LogP contribution in [0.25, 0.3) is 0 Å². The number of likely N-dealkylation sites (N-methyl/N-ethyl adjacent to an activating group) is 1. The van der Waals surface area contributed by atoms with Crippen molar-refractivity contribution in [3.05, 3.63) is 20.6 Å². The lowest BCUT2D eigenvalue weighted by Gasteiger charge is -2.10. The van der Waals surface area contributed by atoms with Crippen LogP contribution < -0.4 is 0 Å². The molecule has 0 spiro atoms. The maximum atomic E-state index is 5.18. The third kappa shape index (κ3) is 3.66. The number of hydrogen-bond acceptors (Lipinski definition) is 3. The van der Waals surface area contributed by atoms with Crippen LogP contribution in [0.5, 0.6) is 0 Å². The largest absolute Gasteiger partial charge is 0.346 e. The first kappa shape index (κ1) is 12.8. The highest BCUT2D eigenvalue weighted by Gasteiger charge is 2.04. The van der Waals surface area contributed by atoms with Crippen LogP contribution in [0.15, 0.2) is 4.47 Å². The predicted octanol–water partition coefficient (Wildman–Crippen LogP) is 2.57. The van der Waals surface area contributed by atoms with Crippen LogP contribution in [-0.2, 0) is 12.8 Å². The van der Waals surface area contributed by atoms with Gasteiger partial charge in [-0.1, -0.05) is 19.1 Å². The average molecular weight is 290 g/mol. The highest BCUT2D eigenvalue weighted by atomic mass is 79.9. The summed E-state index contributed by atoms with van der Waals surface area (Å²) in [5.74, 6) is 0.966. The summed E-state index contributed by atoms with van der Waals surface area (Å²) in [6.45, 7) is 3.07. The monoisotopic (exact) mass is 289 g/mol. The van der Waals surface area contributed by atoms with Gasteiger partial charge in [-0.3, -0.25) is 0 Å². The number of aryl methyl sites for hydroxylation is 1. The van der Waals surface area contributed by atoms with Crippen LogP contribution >= 0.6 is 28.1 Å². The van der Waals surface area contributed by atoms with Gasteiger partial charge in [0.2, 0.25) is 0 Å². The topological polar surface area (TPSA) is 31.9 Å². The molecule has 0 unspecified atom stereocenters. The Morgan fingerprint density at radius 1 is 1.47 bits per heavy atom. The molecule has 3 nitrogen and oxygen atoms in total. The van der Waals surface area contributed by atoms with Crippen LogP contribution in [0.3, 0.4) is 0 Å². The van der Waals surface area contributed by atoms with Crippen LogP contribution in [0.1, 0.15) is 18.4 Å². The lowest BCUT2D eigenvalue weighted by atomic mass is 10.3. The zero-order chi connectivity index (χ0) is 11.4. The fourth-order valence-electron chi connectivity index (χ4n) is 1.25. The first-order chi connectivity index (χ1) is 7.04. The molecule has 0 aliphatic carbocycles. The zero-order valence-corrected chi connectivity index (χ0v) is 11.7. The minimum absolute atomic E-state index is 0.652. The number of halogens is 1. The summed E-state index contributed by atoms with van der Waals surface area (Å²) in [5.41, 5.74) is 1.13. The van der Waals surface area contributed by atoms with Gasteiger partial charge >= 0.3 is 0 Å². The summed E-state index contributed by atoms with van der Waals surface area (Å²) < 4.78 is 1.58. The number of nitrogens with zero attached hydrogens (tertiary/aromatic N) is 2. The van der Waals surface area contributed by atoms with Gasteiger partial charge in [-0.05, 0) is 36.4 Å². The number of hydrogen-bond donors (Lipinski definition) is 1. The molecule has 1 aromatic rings. The zero-order valence-electron chi connectivity index (χ0n) is 9.30. The van der Waals surface area contributed by atoms with Crippen molar-refractivity contribution in [3.8, 4) is 0 Å². The van der Waals surface area contributed by atoms with E-state index >= 15 is 0 Å². The van der Waals surface area contributed by atoms with Gasteiger partial charge in [0.1, 0.15) is 10.5 Å². The molecule has 0 saturated carbocycles. The van der Waals surface area contributed by atoms with Crippen molar-refractivity contribution in [2.45, 2.75) is 19.8 Å². The fraction of sp³-hybridized carbons (Fsp3) is 0.600. The number of H-pyrrole nitrogens is 1. The molecule has 5 heteroatoms. The van der Waals surface area contributed by atoms with Gasteiger partial charge in [-0.15, -0.1) is 0 Å². The molecule has 0 saturated heterocycles. The Morgan fingerprint density at radius 2 is 2.13 bits per heavy atom. The molecule has 0 atom stereocenters. The van der Waals surface area contributed by atoms with E-state index in [9.17, 15) is 0 Å². The van der Waals surface area contributed by atoms with Crippen LogP contribution in [0, 0.1) is 4.64 Å². The second-order valence-electron chi connectivity index (χ2n) is 3.69. The van der Waals surface area contributed by atoms with Gasteiger partial charge in [-0.25, -0.2) is 4.98 Å². The second-order valence-corrected chi connectivity index (χ2v) is 4.87. The first-order valence-corrected chi connectivity index (χ1v) is 6.17. The van der Waals surface area contributed by atoms with Crippen LogP contribution in [-0.4, -0.2) is 35.5 Å². The SMILES string of the molecule is CCc1[nH]c(CCN(C)C)nc(=S)c1Br. The fourth-order valence-corrected chi connectivity index (χ4v) is 1.95. The predicted molar refractivity (Wildman–Crippen MR) is 68.8 cm³/mol. The molecule has 0 amide bonds. The van der Waals surface area contributed by atoms with Crippen molar-refractivity contribution < 1.29 is 0 Å². The minimum Gasteiger partial charge on any atom is -0.346 e. The van der Waals surface area contributed by atoms with E-state index in [-0.39, 0.29) is 0 Å². The lowest BCUT2D eigenvalue weighted by molar-refractivity contribution is 0.409. The molecule has 0 aliphatic heterocycles. The summed E-state index contributed by atoms with van der Waals surface area (Å²) in [6.07, 6.45) is 1.83. The molecule has 1 heterocycles. The van der Waals surface area contributed by atoms with Gasteiger partial charge in [-0.2, -0.15) is 0 Å². The molecular formula is C10H16BrN3S. The first-order valence-electron chi connectivity index (χ1n) is 4.97. The molecule has 0 aliphatic rings. The van der Waals surface area contributed by atoms with E-state index in [0.717, 1.165) is 35.4 Å². The summed E-state index contributed by atoms with van der Waals surface area (Å²) in [6, 6.07) is 0. The summed E-state index contributed by atoms with van der Waals surface area (Å²) in [5, 5.41) is 0. The normalized spacial score (nSPS) is 11.0. The van der Waals surface area contributed by atoms with Crippen LogP contribution in [0.2, 0.25) is 0 Å². The summed E-state index contributed by atoms with van der Waals surface area (Å²) >= 11 is 8.63. The number of aromatic nitrogens is 2. The Bertz CT molecular complexity index is 387. The molecule has 0 aromatic carbocycles. The van der Waals surface area contributed by atoms with Gasteiger partial charge in [0, 0.05) is 18.7 Å². The van der Waals surface area contributed by atoms with Crippen molar-refractivity contribution in [3.63, 3.8) is 0 Å². The third-order valence-corrected chi connectivity index (χ3v) is 3.55. The maximum absolute atomic E-state index is 5.18. The molecule has 1 aromatic heterocycles. The smallest absolute Gasteiger partial charge is 0.144 e. The Labute approximate surface area is 104 Å². The van der Waals surface area contributed by atoms with Gasteiger partial charge in [0.05, 0.1) is 4.47 Å². The van der Waals surface area contributed by atoms with E-state index in [1.165, 1.54) is 0 Å². The molecule has 15 heavy (non-hydrogen) atoms. The van der Waals surface area contributed by atoms with Crippen molar-refractivity contribution in [2.75, 3.05) is 20.6 Å². The molecule has 0 bridgehead atoms. The standard InChI is InChI=1S/C10H16BrN3S/c1-4-7-9(11)10(15)13-8(12-7)5-6-14(2)3/h4-6H2,1-3H3,(H,12,13,15). The molecule has 1 rings (SSSR count). The van der Waals surface area contributed by atoms with Crippen molar-refractivity contribution in [1.29, 1.82) is 0 Å². The molecule has 0 fully saturated rings. The van der Waals surface area contributed by atoms with Crippen molar-refractivity contribution >= 4 is 28.1 Å². The quantitative estimate of drug-likeness (QED) is 0.865. The number of rotatable bonds is 4. The Kier molecular flexibility index (Phi) is 4.89. The molecular weight excluding hydrogens is 274 g/mol. The van der Waals surface area contributed by atoms with E-state index in [1.807, 2.05) is 14.1 Å². The number of nitrogens with one attached hydrogen (secondary N) is 1. The maximum Gasteiger partial charge on any atom is 0.144 e. The summed E-state index contributed by atoms with van der Waals surface area (Å²) in [7, 11) is 4.10. The van der Waals surface area contributed by atoms with Gasteiger partial charge < -0.3 is 9.88 Å². The van der Waals surface area contributed by atoms with E-state index < -0.39 is 0 Å².